The second kappa shape index (κ2) is 7.41. The first kappa shape index (κ1) is 15.8. The molecule has 20 heavy (non-hydrogen) atoms. The summed E-state index contributed by atoms with van der Waals surface area (Å²) in [5.41, 5.74) is 0. The monoisotopic (exact) mass is 302 g/mol. The maximum Gasteiger partial charge on any atom is 0.317 e. The minimum Gasteiger partial charge on any atom is -0.394 e. The van der Waals surface area contributed by atoms with Crippen LogP contribution in [0.3, 0.4) is 0 Å². The maximum atomic E-state index is 12.3. The molecular formula is C14H26N2O3S. The van der Waals surface area contributed by atoms with Crippen molar-refractivity contribution in [1.82, 2.24) is 10.2 Å². The molecule has 0 spiro atoms. The highest BCUT2D eigenvalue weighted by Crippen LogP contribution is 2.24. The Morgan fingerprint density at radius 1 is 1.30 bits per heavy atom. The smallest absolute Gasteiger partial charge is 0.317 e. The third kappa shape index (κ3) is 3.52. The number of hydrogen-bond donors (Lipinski definition) is 2. The molecule has 2 rings (SSSR count). The SMILES string of the molecule is CC[S@](=O)[C@@H]1CCCC[C@H]1NC(=O)N1CCC[C@@H]1CO. The molecule has 1 aliphatic carbocycles. The Bertz CT molecular complexity index is 364. The second-order valence-corrected chi connectivity index (χ2v) is 7.66. The van der Waals surface area contributed by atoms with Gasteiger partial charge in [0.1, 0.15) is 0 Å². The van der Waals surface area contributed by atoms with E-state index in [2.05, 4.69) is 5.32 Å². The third-order valence-electron chi connectivity index (χ3n) is 4.48. The molecule has 1 saturated heterocycles. The van der Waals surface area contributed by atoms with Crippen molar-refractivity contribution in [2.75, 3.05) is 18.9 Å². The van der Waals surface area contributed by atoms with Crippen LogP contribution in [0.5, 0.6) is 0 Å². The Kier molecular flexibility index (Phi) is 5.84. The fraction of sp³-hybridized carbons (Fsp3) is 0.929. The van der Waals surface area contributed by atoms with Crippen LogP contribution in [0.15, 0.2) is 0 Å². The Morgan fingerprint density at radius 2 is 2.05 bits per heavy atom. The van der Waals surface area contributed by atoms with E-state index in [1.165, 1.54) is 0 Å². The lowest BCUT2D eigenvalue weighted by Crippen LogP contribution is -2.53. The lowest BCUT2D eigenvalue weighted by atomic mass is 9.95. The summed E-state index contributed by atoms with van der Waals surface area (Å²) in [6.07, 6.45) is 5.87. The van der Waals surface area contributed by atoms with Gasteiger partial charge in [0, 0.05) is 29.1 Å². The number of amides is 2. The van der Waals surface area contributed by atoms with Gasteiger partial charge in [-0.1, -0.05) is 19.8 Å². The van der Waals surface area contributed by atoms with Gasteiger partial charge in [0.15, 0.2) is 0 Å². The van der Waals surface area contributed by atoms with Gasteiger partial charge in [-0.25, -0.2) is 4.79 Å². The van der Waals surface area contributed by atoms with E-state index in [1.54, 1.807) is 4.90 Å². The average molecular weight is 302 g/mol. The van der Waals surface area contributed by atoms with Crippen molar-refractivity contribution in [1.29, 1.82) is 0 Å². The van der Waals surface area contributed by atoms with Gasteiger partial charge in [-0.15, -0.1) is 0 Å². The van der Waals surface area contributed by atoms with Crippen molar-refractivity contribution >= 4 is 16.8 Å². The van der Waals surface area contributed by atoms with E-state index in [0.717, 1.165) is 38.5 Å². The molecule has 0 unspecified atom stereocenters. The summed E-state index contributed by atoms with van der Waals surface area (Å²) >= 11 is 0. The van der Waals surface area contributed by atoms with Crippen molar-refractivity contribution in [3.63, 3.8) is 0 Å². The van der Waals surface area contributed by atoms with E-state index in [4.69, 9.17) is 0 Å². The van der Waals surface area contributed by atoms with Crippen LogP contribution in [0.2, 0.25) is 0 Å². The predicted molar refractivity (Wildman–Crippen MR) is 80.1 cm³/mol. The van der Waals surface area contributed by atoms with Crippen molar-refractivity contribution in [2.24, 2.45) is 0 Å². The molecular weight excluding hydrogens is 276 g/mol. The number of nitrogens with one attached hydrogen (secondary N) is 1. The van der Waals surface area contributed by atoms with E-state index < -0.39 is 10.8 Å². The Labute approximate surface area is 123 Å². The Morgan fingerprint density at radius 3 is 2.75 bits per heavy atom. The van der Waals surface area contributed by atoms with Crippen LogP contribution in [0.1, 0.15) is 45.4 Å². The highest BCUT2D eigenvalue weighted by atomic mass is 32.2. The number of nitrogens with zero attached hydrogens (tertiary/aromatic N) is 1. The van der Waals surface area contributed by atoms with Crippen LogP contribution in [0.25, 0.3) is 0 Å². The summed E-state index contributed by atoms with van der Waals surface area (Å²) in [4.78, 5) is 14.1. The zero-order valence-electron chi connectivity index (χ0n) is 12.2. The number of carbonyl (C=O) groups is 1. The van der Waals surface area contributed by atoms with Gasteiger partial charge in [0.05, 0.1) is 17.9 Å². The second-order valence-electron chi connectivity index (χ2n) is 5.72. The summed E-state index contributed by atoms with van der Waals surface area (Å²) in [5.74, 6) is 0.653. The quantitative estimate of drug-likeness (QED) is 0.821. The Hall–Kier alpha value is -0.620. The zero-order chi connectivity index (χ0) is 14.5. The lowest BCUT2D eigenvalue weighted by Gasteiger charge is -2.33. The number of urea groups is 1. The molecule has 0 radical (unpaired) electrons. The van der Waals surface area contributed by atoms with E-state index in [9.17, 15) is 14.1 Å². The Balaban J connectivity index is 1.96. The number of hydrogen-bond acceptors (Lipinski definition) is 3. The van der Waals surface area contributed by atoms with Gasteiger partial charge in [0.25, 0.3) is 0 Å². The molecule has 5 nitrogen and oxygen atoms in total. The molecule has 1 heterocycles. The number of rotatable bonds is 4. The minimum atomic E-state index is -0.855. The number of likely N-dealkylation sites (tertiary alicyclic amines) is 1. The summed E-state index contributed by atoms with van der Waals surface area (Å²) in [6, 6.07) is -0.114. The fourth-order valence-corrected chi connectivity index (χ4v) is 4.75. The largest absolute Gasteiger partial charge is 0.394 e. The molecule has 2 fully saturated rings. The summed E-state index contributed by atoms with van der Waals surface area (Å²) in [5, 5.41) is 12.5. The molecule has 2 N–H and O–H groups in total. The van der Waals surface area contributed by atoms with Gasteiger partial charge < -0.3 is 15.3 Å². The van der Waals surface area contributed by atoms with Crippen LogP contribution in [-0.4, -0.2) is 56.5 Å². The number of carbonyl (C=O) groups excluding carboxylic acids is 1. The first-order valence-corrected chi connectivity index (χ1v) is 9.10. The average Bonchev–Trinajstić information content (AvgIpc) is 2.95. The van der Waals surface area contributed by atoms with Gasteiger partial charge in [0.2, 0.25) is 0 Å². The molecule has 1 aliphatic heterocycles. The minimum absolute atomic E-state index is 0.0250. The maximum absolute atomic E-state index is 12.3. The summed E-state index contributed by atoms with van der Waals surface area (Å²) < 4.78 is 12.1. The van der Waals surface area contributed by atoms with Crippen molar-refractivity contribution in [2.45, 2.75) is 62.8 Å². The molecule has 2 amide bonds. The molecule has 6 heteroatoms. The molecule has 1 saturated carbocycles. The van der Waals surface area contributed by atoms with Crippen LogP contribution in [0.4, 0.5) is 4.79 Å². The molecule has 0 aromatic carbocycles. The van der Waals surface area contributed by atoms with Crippen LogP contribution in [-0.2, 0) is 10.8 Å². The highest BCUT2D eigenvalue weighted by Gasteiger charge is 2.34. The zero-order valence-corrected chi connectivity index (χ0v) is 13.0. The number of aliphatic hydroxyl groups excluding tert-OH is 1. The van der Waals surface area contributed by atoms with Gasteiger partial charge in [-0.3, -0.25) is 4.21 Å². The summed E-state index contributed by atoms with van der Waals surface area (Å²) in [6.45, 7) is 2.68. The van der Waals surface area contributed by atoms with Gasteiger partial charge in [-0.2, -0.15) is 0 Å². The van der Waals surface area contributed by atoms with Gasteiger partial charge >= 0.3 is 6.03 Å². The molecule has 0 aromatic heterocycles. The first-order chi connectivity index (χ1) is 9.67. The van der Waals surface area contributed by atoms with Crippen LogP contribution in [0, 0.1) is 0 Å². The molecule has 0 bridgehead atoms. The predicted octanol–water partition coefficient (Wildman–Crippen LogP) is 1.23. The third-order valence-corrected chi connectivity index (χ3v) is 6.29. The van der Waals surface area contributed by atoms with Crippen LogP contribution >= 0.6 is 0 Å². The van der Waals surface area contributed by atoms with Crippen molar-refractivity contribution < 1.29 is 14.1 Å². The van der Waals surface area contributed by atoms with E-state index in [0.29, 0.717) is 12.3 Å². The molecule has 0 aromatic rings. The molecule has 4 atom stereocenters. The molecule has 2 aliphatic rings. The lowest BCUT2D eigenvalue weighted by molar-refractivity contribution is 0.153. The van der Waals surface area contributed by atoms with Crippen molar-refractivity contribution in [3.8, 4) is 0 Å². The molecule has 116 valence electrons. The van der Waals surface area contributed by atoms with Gasteiger partial charge in [-0.05, 0) is 25.7 Å². The fourth-order valence-electron chi connectivity index (χ4n) is 3.33. The standard InChI is InChI=1S/C14H26N2O3S/c1-2-20(19)13-8-4-3-7-12(13)15-14(18)16-9-5-6-11(16)10-17/h11-13,17H,2-10H2,1H3,(H,15,18)/t11-,12-,13-,20+/m1/s1. The van der Waals surface area contributed by atoms with E-state index in [1.807, 2.05) is 6.92 Å². The highest BCUT2D eigenvalue weighted by molar-refractivity contribution is 7.85. The first-order valence-electron chi connectivity index (χ1n) is 7.72. The van der Waals surface area contributed by atoms with E-state index >= 15 is 0 Å². The summed E-state index contributed by atoms with van der Waals surface area (Å²) in [7, 11) is -0.855. The topological polar surface area (TPSA) is 69.6 Å². The van der Waals surface area contributed by atoms with E-state index in [-0.39, 0.29) is 30.0 Å². The van der Waals surface area contributed by atoms with Crippen LogP contribution < -0.4 is 5.32 Å². The number of aliphatic hydroxyl groups is 1. The van der Waals surface area contributed by atoms with Crippen molar-refractivity contribution in [3.05, 3.63) is 0 Å². The normalized spacial score (nSPS) is 32.1.